The van der Waals surface area contributed by atoms with Crippen LogP contribution in [0.4, 0.5) is 0 Å². The Balaban J connectivity index is 1.56. The van der Waals surface area contributed by atoms with Crippen molar-refractivity contribution in [2.45, 2.75) is 18.7 Å². The molecule has 0 aliphatic heterocycles. The molecule has 4 aromatic rings. The number of carbonyl (C=O) groups excluding carboxylic acids is 1. The summed E-state index contributed by atoms with van der Waals surface area (Å²) in [7, 11) is 0. The van der Waals surface area contributed by atoms with Crippen molar-refractivity contribution < 1.29 is 19.7 Å². The zero-order valence-electron chi connectivity index (χ0n) is 17.3. The summed E-state index contributed by atoms with van der Waals surface area (Å²) in [6, 6.07) is 21.2. The Hall–Kier alpha value is -3.78. The summed E-state index contributed by atoms with van der Waals surface area (Å²) < 4.78 is 7.82. The second-order valence-electron chi connectivity index (χ2n) is 7.04. The van der Waals surface area contributed by atoms with Crippen molar-refractivity contribution in [3.8, 4) is 22.9 Å². The highest BCUT2D eigenvalue weighted by molar-refractivity contribution is 7.99. The fraction of sp³-hybridized carbons (Fsp3) is 0.125. The van der Waals surface area contributed by atoms with Gasteiger partial charge >= 0.3 is 0 Å². The zero-order valence-corrected chi connectivity index (χ0v) is 18.1. The molecular formula is C24H21N3O4S. The molecule has 0 saturated carbocycles. The van der Waals surface area contributed by atoms with E-state index in [4.69, 9.17) is 4.74 Å². The number of ether oxygens (including phenoxy) is 1. The molecule has 0 unspecified atom stereocenters. The van der Waals surface area contributed by atoms with Crippen LogP contribution in [0.5, 0.6) is 17.2 Å². The van der Waals surface area contributed by atoms with Gasteiger partial charge in [0.25, 0.3) is 0 Å². The fourth-order valence-corrected chi connectivity index (χ4v) is 4.00. The Bertz CT molecular complexity index is 1240. The van der Waals surface area contributed by atoms with E-state index in [1.807, 2.05) is 66.1 Å². The SMILES string of the molecule is Cc1ccccc1OCc1nnc(SCC(=O)c2ccc(O)cc2O)n1-c1ccccc1. The third-order valence-corrected chi connectivity index (χ3v) is 5.71. The molecule has 0 aliphatic carbocycles. The molecule has 4 rings (SSSR count). The van der Waals surface area contributed by atoms with Crippen molar-refractivity contribution in [1.82, 2.24) is 14.8 Å². The van der Waals surface area contributed by atoms with Crippen molar-refractivity contribution >= 4 is 17.5 Å². The largest absolute Gasteiger partial charge is 0.508 e. The summed E-state index contributed by atoms with van der Waals surface area (Å²) in [5.41, 5.74) is 2.01. The number of phenols is 2. The molecule has 32 heavy (non-hydrogen) atoms. The second-order valence-corrected chi connectivity index (χ2v) is 7.98. The fourth-order valence-electron chi connectivity index (χ4n) is 3.15. The van der Waals surface area contributed by atoms with Crippen LogP contribution in [0.25, 0.3) is 5.69 Å². The summed E-state index contributed by atoms with van der Waals surface area (Å²) in [4.78, 5) is 12.6. The Labute approximate surface area is 189 Å². The van der Waals surface area contributed by atoms with Gasteiger partial charge in [-0.05, 0) is 42.8 Å². The number of aromatic hydroxyl groups is 2. The maximum Gasteiger partial charge on any atom is 0.196 e. The summed E-state index contributed by atoms with van der Waals surface area (Å²) in [6.07, 6.45) is 0. The molecule has 0 fully saturated rings. The van der Waals surface area contributed by atoms with Crippen molar-refractivity contribution in [2.24, 2.45) is 0 Å². The number of hydrogen-bond acceptors (Lipinski definition) is 7. The monoisotopic (exact) mass is 447 g/mol. The molecule has 0 atom stereocenters. The Morgan fingerprint density at radius 1 is 1.00 bits per heavy atom. The highest BCUT2D eigenvalue weighted by Crippen LogP contribution is 2.27. The lowest BCUT2D eigenvalue weighted by molar-refractivity contribution is 0.102. The van der Waals surface area contributed by atoms with Gasteiger partial charge in [0.05, 0.1) is 11.3 Å². The minimum atomic E-state index is -0.284. The number of aryl methyl sites for hydroxylation is 1. The molecule has 3 aromatic carbocycles. The van der Waals surface area contributed by atoms with Gasteiger partial charge in [-0.1, -0.05) is 48.2 Å². The molecule has 0 amide bonds. The summed E-state index contributed by atoms with van der Waals surface area (Å²) >= 11 is 1.21. The summed E-state index contributed by atoms with van der Waals surface area (Å²) in [5.74, 6) is 0.764. The van der Waals surface area contributed by atoms with Crippen molar-refractivity contribution in [3.63, 3.8) is 0 Å². The molecule has 0 spiro atoms. The highest BCUT2D eigenvalue weighted by atomic mass is 32.2. The minimum absolute atomic E-state index is 0.0436. The van der Waals surface area contributed by atoms with Crippen LogP contribution in [0.3, 0.4) is 0 Å². The number of rotatable bonds is 8. The summed E-state index contributed by atoms with van der Waals surface area (Å²) in [5, 5.41) is 28.5. The first kappa shape index (κ1) is 21.5. The number of ketones is 1. The van der Waals surface area contributed by atoms with E-state index in [9.17, 15) is 15.0 Å². The van der Waals surface area contributed by atoms with E-state index in [0.717, 1.165) is 23.1 Å². The van der Waals surface area contributed by atoms with Gasteiger partial charge in [-0.2, -0.15) is 0 Å². The molecule has 0 saturated heterocycles. The number of phenolic OH excluding ortho intramolecular Hbond substituents is 2. The number of benzene rings is 3. The molecule has 0 radical (unpaired) electrons. The van der Waals surface area contributed by atoms with Crippen molar-refractivity contribution in [3.05, 3.63) is 89.7 Å². The van der Waals surface area contributed by atoms with E-state index >= 15 is 0 Å². The lowest BCUT2D eigenvalue weighted by Gasteiger charge is -2.12. The average molecular weight is 448 g/mol. The molecule has 0 aliphatic rings. The van der Waals surface area contributed by atoms with E-state index in [-0.39, 0.29) is 35.2 Å². The van der Waals surface area contributed by atoms with Crippen molar-refractivity contribution in [2.75, 3.05) is 5.75 Å². The topological polar surface area (TPSA) is 97.5 Å². The molecule has 1 aromatic heterocycles. The number of carbonyl (C=O) groups is 1. The van der Waals surface area contributed by atoms with E-state index in [1.54, 1.807) is 0 Å². The molecule has 7 nitrogen and oxygen atoms in total. The van der Waals surface area contributed by atoms with Crippen LogP contribution in [0.15, 0.2) is 78.0 Å². The first-order valence-corrected chi connectivity index (χ1v) is 10.9. The maximum absolute atomic E-state index is 12.6. The van der Waals surface area contributed by atoms with Crippen LogP contribution >= 0.6 is 11.8 Å². The number of para-hydroxylation sites is 2. The van der Waals surface area contributed by atoms with Gasteiger partial charge in [0, 0.05) is 11.8 Å². The Kier molecular flexibility index (Phi) is 6.42. The van der Waals surface area contributed by atoms with Crippen LogP contribution in [0.1, 0.15) is 21.7 Å². The standard InChI is InChI=1S/C24H21N3O4S/c1-16-7-5-6-10-22(16)31-14-23-25-26-24(27(23)17-8-3-2-4-9-17)32-15-21(30)19-12-11-18(28)13-20(19)29/h2-13,28-29H,14-15H2,1H3. The van der Waals surface area contributed by atoms with Gasteiger partial charge < -0.3 is 14.9 Å². The average Bonchev–Trinajstić information content (AvgIpc) is 3.20. The van der Waals surface area contributed by atoms with Crippen LogP contribution in [0, 0.1) is 6.92 Å². The van der Waals surface area contributed by atoms with Crippen LogP contribution in [-0.2, 0) is 6.61 Å². The third-order valence-electron chi connectivity index (χ3n) is 4.78. The number of nitrogens with zero attached hydrogens (tertiary/aromatic N) is 3. The van der Waals surface area contributed by atoms with Gasteiger partial charge in [0.1, 0.15) is 23.9 Å². The van der Waals surface area contributed by atoms with E-state index in [0.29, 0.717) is 11.0 Å². The summed E-state index contributed by atoms with van der Waals surface area (Å²) in [6.45, 7) is 2.18. The molecule has 1 heterocycles. The van der Waals surface area contributed by atoms with Crippen molar-refractivity contribution in [1.29, 1.82) is 0 Å². The molecule has 0 bridgehead atoms. The van der Waals surface area contributed by atoms with E-state index in [2.05, 4.69) is 10.2 Å². The van der Waals surface area contributed by atoms with Gasteiger partial charge in [0.15, 0.2) is 16.8 Å². The Morgan fingerprint density at radius 3 is 2.50 bits per heavy atom. The van der Waals surface area contributed by atoms with Crippen LogP contribution in [-0.4, -0.2) is 36.5 Å². The molecular weight excluding hydrogens is 426 g/mol. The van der Waals surface area contributed by atoms with Gasteiger partial charge in [-0.3, -0.25) is 9.36 Å². The number of Topliss-reactive ketones (excluding diaryl/α,β-unsaturated/α-hetero) is 1. The zero-order chi connectivity index (χ0) is 22.5. The quantitative estimate of drug-likeness (QED) is 0.302. The minimum Gasteiger partial charge on any atom is -0.508 e. The first-order valence-electron chi connectivity index (χ1n) is 9.89. The Morgan fingerprint density at radius 2 is 1.75 bits per heavy atom. The number of aromatic nitrogens is 3. The molecule has 162 valence electrons. The van der Waals surface area contributed by atoms with E-state index in [1.165, 1.54) is 23.9 Å². The number of thioether (sulfide) groups is 1. The lowest BCUT2D eigenvalue weighted by Crippen LogP contribution is -2.08. The molecule has 8 heteroatoms. The van der Waals surface area contributed by atoms with Crippen LogP contribution < -0.4 is 4.74 Å². The number of hydrogen-bond donors (Lipinski definition) is 2. The second kappa shape index (κ2) is 9.57. The predicted octanol–water partition coefficient (Wildman–Crippen LogP) is 4.54. The molecule has 2 N–H and O–H groups in total. The van der Waals surface area contributed by atoms with Gasteiger partial charge in [-0.15, -0.1) is 10.2 Å². The third kappa shape index (κ3) is 4.76. The maximum atomic E-state index is 12.6. The van der Waals surface area contributed by atoms with Gasteiger partial charge in [0.2, 0.25) is 0 Å². The van der Waals surface area contributed by atoms with Crippen LogP contribution in [0.2, 0.25) is 0 Å². The predicted molar refractivity (Wildman–Crippen MR) is 122 cm³/mol. The normalized spacial score (nSPS) is 10.8. The first-order chi connectivity index (χ1) is 15.5. The lowest BCUT2D eigenvalue weighted by atomic mass is 10.1. The van der Waals surface area contributed by atoms with E-state index < -0.39 is 0 Å². The smallest absolute Gasteiger partial charge is 0.196 e. The van der Waals surface area contributed by atoms with Gasteiger partial charge in [-0.25, -0.2) is 0 Å². The highest BCUT2D eigenvalue weighted by Gasteiger charge is 2.18.